The van der Waals surface area contributed by atoms with Crippen LogP contribution in [0.25, 0.3) is 0 Å². The van der Waals surface area contributed by atoms with Gasteiger partial charge in [-0.25, -0.2) is 8.42 Å². The minimum Gasteiger partial charge on any atom is -0.383 e. The Kier molecular flexibility index (Phi) is 2.79. The van der Waals surface area contributed by atoms with Gasteiger partial charge in [0.1, 0.15) is 10.7 Å². The topological polar surface area (TPSA) is 135 Å². The predicted molar refractivity (Wildman–Crippen MR) is 59.1 cm³/mol. The number of aromatic amines is 1. The number of nitrogens with two attached hydrogens (primary N) is 2. The number of rotatable bonds is 3. The van der Waals surface area contributed by atoms with E-state index in [0.717, 1.165) is 6.20 Å². The summed E-state index contributed by atoms with van der Waals surface area (Å²) in [5.41, 5.74) is 10.6. The van der Waals surface area contributed by atoms with Crippen LogP contribution in [-0.2, 0) is 14.8 Å². The molecule has 0 aromatic carbocycles. The highest BCUT2D eigenvalue weighted by Gasteiger charge is 2.36. The maximum absolute atomic E-state index is 12.1. The van der Waals surface area contributed by atoms with E-state index in [-0.39, 0.29) is 23.8 Å². The monoisotopic (exact) mass is 259 g/mol. The third-order valence-electron chi connectivity index (χ3n) is 2.80. The minimum atomic E-state index is -3.69. The summed E-state index contributed by atoms with van der Waals surface area (Å²) in [6.07, 6.45) is 1.59. The zero-order valence-electron chi connectivity index (χ0n) is 8.96. The van der Waals surface area contributed by atoms with Gasteiger partial charge in [-0.2, -0.15) is 9.40 Å². The van der Waals surface area contributed by atoms with Crippen LogP contribution in [0.5, 0.6) is 0 Å². The van der Waals surface area contributed by atoms with Gasteiger partial charge in [0.15, 0.2) is 0 Å². The van der Waals surface area contributed by atoms with Crippen molar-refractivity contribution >= 4 is 21.7 Å². The molecule has 1 aliphatic rings. The molecule has 1 aromatic rings. The number of amides is 1. The number of hydrogen-bond acceptors (Lipinski definition) is 5. The molecule has 8 nitrogen and oxygen atoms in total. The van der Waals surface area contributed by atoms with Crippen molar-refractivity contribution in [2.24, 2.45) is 11.7 Å². The van der Waals surface area contributed by atoms with Crippen LogP contribution in [0.1, 0.15) is 6.42 Å². The standard InChI is InChI=1S/C8H13N5O3S/c9-7-6(3-11-12-7)17(15,16)13-2-1-5(4-13)8(10)14/h3,5H,1-2,4H2,(H2,10,14)(H3,9,11,12). The maximum atomic E-state index is 12.1. The van der Waals surface area contributed by atoms with Crippen molar-refractivity contribution in [1.82, 2.24) is 14.5 Å². The van der Waals surface area contributed by atoms with Crippen LogP contribution < -0.4 is 11.5 Å². The molecule has 0 spiro atoms. The van der Waals surface area contributed by atoms with Gasteiger partial charge in [-0.3, -0.25) is 9.89 Å². The van der Waals surface area contributed by atoms with E-state index in [1.807, 2.05) is 0 Å². The van der Waals surface area contributed by atoms with Gasteiger partial charge in [-0.1, -0.05) is 0 Å². The van der Waals surface area contributed by atoms with Gasteiger partial charge in [0, 0.05) is 13.1 Å². The molecule has 1 aromatic heterocycles. The first-order chi connectivity index (χ1) is 7.93. The predicted octanol–water partition coefficient (Wildman–Crippen LogP) is -1.51. The van der Waals surface area contributed by atoms with Crippen molar-refractivity contribution in [3.8, 4) is 0 Å². The summed E-state index contributed by atoms with van der Waals surface area (Å²) < 4.78 is 25.4. The molecule has 1 fully saturated rings. The van der Waals surface area contributed by atoms with Gasteiger partial charge in [-0.15, -0.1) is 0 Å². The molecule has 1 unspecified atom stereocenters. The smallest absolute Gasteiger partial charge is 0.248 e. The third kappa shape index (κ3) is 1.98. The average molecular weight is 259 g/mol. The van der Waals surface area contributed by atoms with E-state index >= 15 is 0 Å². The molecule has 5 N–H and O–H groups in total. The first-order valence-corrected chi connectivity index (χ1v) is 6.45. The number of nitrogens with zero attached hydrogens (tertiary/aromatic N) is 2. The SMILES string of the molecule is NC(=O)C1CCN(S(=O)(=O)c2cn[nH]c2N)C1. The lowest BCUT2D eigenvalue weighted by molar-refractivity contribution is -0.121. The Morgan fingerprint density at radius 1 is 1.59 bits per heavy atom. The molecule has 0 bridgehead atoms. The van der Waals surface area contributed by atoms with Crippen LogP contribution in [-0.4, -0.2) is 41.9 Å². The fourth-order valence-electron chi connectivity index (χ4n) is 1.81. The zero-order chi connectivity index (χ0) is 12.6. The molecule has 94 valence electrons. The van der Waals surface area contributed by atoms with Gasteiger partial charge in [-0.05, 0) is 6.42 Å². The van der Waals surface area contributed by atoms with E-state index in [1.165, 1.54) is 4.31 Å². The summed E-state index contributed by atoms with van der Waals surface area (Å²) in [6.45, 7) is 0.364. The van der Waals surface area contributed by atoms with Crippen molar-refractivity contribution < 1.29 is 13.2 Å². The summed E-state index contributed by atoms with van der Waals surface area (Å²) >= 11 is 0. The van der Waals surface area contributed by atoms with Crippen LogP contribution in [0.15, 0.2) is 11.1 Å². The number of H-pyrrole nitrogens is 1. The minimum absolute atomic E-state index is 0.00692. The van der Waals surface area contributed by atoms with E-state index in [0.29, 0.717) is 6.42 Å². The molecule has 1 aliphatic heterocycles. The number of primary amides is 1. The quantitative estimate of drug-likeness (QED) is 0.606. The highest BCUT2D eigenvalue weighted by molar-refractivity contribution is 7.89. The fourth-order valence-corrected chi connectivity index (χ4v) is 3.32. The molecule has 0 radical (unpaired) electrons. The van der Waals surface area contributed by atoms with Crippen LogP contribution in [0.4, 0.5) is 5.82 Å². The second-order valence-corrected chi connectivity index (χ2v) is 5.81. The third-order valence-corrected chi connectivity index (χ3v) is 4.70. The van der Waals surface area contributed by atoms with Gasteiger partial charge >= 0.3 is 0 Å². The van der Waals surface area contributed by atoms with Gasteiger partial charge in [0.2, 0.25) is 15.9 Å². The molecule has 9 heteroatoms. The normalized spacial score (nSPS) is 21.8. The highest BCUT2D eigenvalue weighted by Crippen LogP contribution is 2.26. The number of carbonyl (C=O) groups excluding carboxylic acids is 1. The summed E-state index contributed by atoms with van der Waals surface area (Å²) in [6, 6.07) is 0. The van der Waals surface area contributed by atoms with Crippen molar-refractivity contribution in [3.05, 3.63) is 6.20 Å². The molecule has 2 rings (SSSR count). The molecule has 1 atom stereocenters. The number of hydrogen-bond donors (Lipinski definition) is 3. The van der Waals surface area contributed by atoms with Gasteiger partial charge < -0.3 is 11.5 Å². The second kappa shape index (κ2) is 4.00. The van der Waals surface area contributed by atoms with E-state index in [4.69, 9.17) is 11.5 Å². The Labute approximate surface area is 98.0 Å². The molecule has 1 saturated heterocycles. The summed E-state index contributed by atoms with van der Waals surface area (Å²) in [5, 5.41) is 5.93. The summed E-state index contributed by atoms with van der Waals surface area (Å²) in [5.74, 6) is -0.923. The first-order valence-electron chi connectivity index (χ1n) is 5.01. The highest BCUT2D eigenvalue weighted by atomic mass is 32.2. The van der Waals surface area contributed by atoms with Crippen LogP contribution in [0.2, 0.25) is 0 Å². The number of nitrogen functional groups attached to an aromatic ring is 1. The zero-order valence-corrected chi connectivity index (χ0v) is 9.77. The summed E-state index contributed by atoms with van der Waals surface area (Å²) in [7, 11) is -3.69. The number of aromatic nitrogens is 2. The molecular formula is C8H13N5O3S. The van der Waals surface area contributed by atoms with E-state index in [9.17, 15) is 13.2 Å². The molecule has 0 saturated carbocycles. The Morgan fingerprint density at radius 2 is 2.29 bits per heavy atom. The van der Waals surface area contributed by atoms with Crippen LogP contribution in [0, 0.1) is 5.92 Å². The van der Waals surface area contributed by atoms with Crippen LogP contribution in [0.3, 0.4) is 0 Å². The fraction of sp³-hybridized carbons (Fsp3) is 0.500. The van der Waals surface area contributed by atoms with E-state index in [1.54, 1.807) is 0 Å². The molecule has 1 amide bonds. The van der Waals surface area contributed by atoms with E-state index < -0.39 is 21.8 Å². The number of sulfonamides is 1. The second-order valence-electron chi connectivity index (χ2n) is 3.90. The van der Waals surface area contributed by atoms with Crippen LogP contribution >= 0.6 is 0 Å². The molecular weight excluding hydrogens is 246 g/mol. The Hall–Kier alpha value is -1.61. The van der Waals surface area contributed by atoms with Gasteiger partial charge in [0.25, 0.3) is 0 Å². The van der Waals surface area contributed by atoms with Crippen molar-refractivity contribution in [2.75, 3.05) is 18.8 Å². The lowest BCUT2D eigenvalue weighted by atomic mass is 10.1. The average Bonchev–Trinajstić information content (AvgIpc) is 2.84. The van der Waals surface area contributed by atoms with Crippen molar-refractivity contribution in [2.45, 2.75) is 11.3 Å². The molecule has 0 aliphatic carbocycles. The van der Waals surface area contributed by atoms with E-state index in [2.05, 4.69) is 10.2 Å². The Balaban J connectivity index is 2.25. The first kappa shape index (κ1) is 11.9. The molecule has 17 heavy (non-hydrogen) atoms. The lowest BCUT2D eigenvalue weighted by Crippen LogP contribution is -2.32. The number of carbonyl (C=O) groups is 1. The maximum Gasteiger partial charge on any atom is 0.248 e. The Bertz CT molecular complexity index is 537. The van der Waals surface area contributed by atoms with Crippen molar-refractivity contribution in [1.29, 1.82) is 0 Å². The Morgan fingerprint density at radius 3 is 2.76 bits per heavy atom. The lowest BCUT2D eigenvalue weighted by Gasteiger charge is -2.14. The largest absolute Gasteiger partial charge is 0.383 e. The number of anilines is 1. The van der Waals surface area contributed by atoms with Gasteiger partial charge in [0.05, 0.1) is 12.1 Å². The summed E-state index contributed by atoms with van der Waals surface area (Å²) in [4.78, 5) is 10.9. The molecule has 2 heterocycles. The number of nitrogens with one attached hydrogen (secondary N) is 1. The van der Waals surface area contributed by atoms with Crippen molar-refractivity contribution in [3.63, 3.8) is 0 Å².